The molecule has 4 heterocycles. The van der Waals surface area contributed by atoms with Crippen LogP contribution in [-0.4, -0.2) is 28.7 Å². The van der Waals surface area contributed by atoms with E-state index in [1.807, 2.05) is 36.4 Å². The molecule has 14 aromatic rings. The van der Waals surface area contributed by atoms with Gasteiger partial charge in [-0.05, 0) is 82.9 Å². The van der Waals surface area contributed by atoms with Gasteiger partial charge in [0.2, 0.25) is 5.95 Å². The van der Waals surface area contributed by atoms with E-state index >= 15 is 0 Å². The van der Waals surface area contributed by atoms with Gasteiger partial charge in [0, 0.05) is 54.8 Å². The van der Waals surface area contributed by atoms with Gasteiger partial charge in [0.1, 0.15) is 0 Å². The van der Waals surface area contributed by atoms with Crippen molar-refractivity contribution in [1.29, 1.82) is 0 Å². The highest BCUT2D eigenvalue weighted by atomic mass is 15.2. The zero-order valence-electron chi connectivity index (χ0n) is 37.3. The average Bonchev–Trinajstić information content (AvgIpc) is 4.06. The van der Waals surface area contributed by atoms with Crippen molar-refractivity contribution in [2.24, 2.45) is 0 Å². The van der Waals surface area contributed by atoms with Crippen LogP contribution >= 0.6 is 0 Å². The summed E-state index contributed by atoms with van der Waals surface area (Å²) in [5.41, 5.74) is 15.2. The average molecular weight is 881 g/mol. The van der Waals surface area contributed by atoms with Gasteiger partial charge < -0.3 is 9.13 Å². The van der Waals surface area contributed by atoms with Crippen molar-refractivity contribution in [2.75, 3.05) is 0 Å². The van der Waals surface area contributed by atoms with Crippen molar-refractivity contribution in [1.82, 2.24) is 28.7 Å². The first-order valence-corrected chi connectivity index (χ1v) is 23.4. The Balaban J connectivity index is 1.05. The lowest BCUT2D eigenvalue weighted by Crippen LogP contribution is -2.07. The van der Waals surface area contributed by atoms with Gasteiger partial charge >= 0.3 is 0 Å². The van der Waals surface area contributed by atoms with E-state index in [1.54, 1.807) is 0 Å². The molecule has 0 unspecified atom stereocenters. The van der Waals surface area contributed by atoms with Crippen molar-refractivity contribution in [3.8, 4) is 62.4 Å². The molecule has 0 bridgehead atoms. The summed E-state index contributed by atoms with van der Waals surface area (Å²) >= 11 is 0. The molecule has 0 amide bonds. The zero-order chi connectivity index (χ0) is 45.4. The van der Waals surface area contributed by atoms with Crippen LogP contribution in [0.4, 0.5) is 0 Å². The quantitative estimate of drug-likeness (QED) is 0.160. The van der Waals surface area contributed by atoms with Crippen LogP contribution in [0.15, 0.2) is 243 Å². The minimum atomic E-state index is 0.543. The summed E-state index contributed by atoms with van der Waals surface area (Å²) in [6, 6.07) is 86.4. The standard InChI is InChI=1S/C63H40N6/c1-5-17-41(18-6-1)45-29-35-57-53(37-45)49-25-13-15-27-55(49)67(57)47-31-33-51-52-34-32-48(68-56-28-16-14-26-50(56)54-38-46(30-36-58(54)68)42-19-7-2-8-20-42)40-60(52)69(59(51)39-47)63-65-61(43-21-9-3-10-22-43)64-62(66-63)44-23-11-4-12-24-44/h1-40H. The number of hydrogen-bond donors (Lipinski definition) is 0. The lowest BCUT2D eigenvalue weighted by atomic mass is 10.0. The monoisotopic (exact) mass is 880 g/mol. The van der Waals surface area contributed by atoms with E-state index in [-0.39, 0.29) is 0 Å². The second-order valence-corrected chi connectivity index (χ2v) is 17.7. The predicted molar refractivity (Wildman–Crippen MR) is 285 cm³/mol. The van der Waals surface area contributed by atoms with E-state index in [1.165, 1.54) is 43.8 Å². The first-order valence-electron chi connectivity index (χ1n) is 23.4. The summed E-state index contributed by atoms with van der Waals surface area (Å²) in [6.45, 7) is 0. The second-order valence-electron chi connectivity index (χ2n) is 17.7. The van der Waals surface area contributed by atoms with Crippen molar-refractivity contribution in [2.45, 2.75) is 0 Å². The first kappa shape index (κ1) is 38.8. The lowest BCUT2D eigenvalue weighted by molar-refractivity contribution is 0.952. The van der Waals surface area contributed by atoms with Gasteiger partial charge in [-0.2, -0.15) is 9.97 Å². The Hall–Kier alpha value is -9.39. The summed E-state index contributed by atoms with van der Waals surface area (Å²) in [4.78, 5) is 15.8. The topological polar surface area (TPSA) is 53.5 Å². The normalized spacial score (nSPS) is 11.8. The maximum absolute atomic E-state index is 5.36. The molecule has 6 nitrogen and oxygen atoms in total. The maximum Gasteiger partial charge on any atom is 0.238 e. The van der Waals surface area contributed by atoms with Crippen molar-refractivity contribution >= 4 is 65.4 Å². The van der Waals surface area contributed by atoms with E-state index in [0.717, 1.165) is 66.4 Å². The van der Waals surface area contributed by atoms with Gasteiger partial charge in [-0.15, -0.1) is 0 Å². The molecule has 0 fully saturated rings. The van der Waals surface area contributed by atoms with Gasteiger partial charge in [0.15, 0.2) is 11.6 Å². The minimum Gasteiger partial charge on any atom is -0.309 e. The van der Waals surface area contributed by atoms with Crippen molar-refractivity contribution in [3.63, 3.8) is 0 Å². The Morgan fingerprint density at radius 1 is 0.217 bits per heavy atom. The van der Waals surface area contributed by atoms with Crippen LogP contribution < -0.4 is 0 Å². The van der Waals surface area contributed by atoms with Gasteiger partial charge in [-0.25, -0.2) is 4.98 Å². The number of para-hydroxylation sites is 2. The molecule has 6 heteroatoms. The molecule has 0 atom stereocenters. The number of fused-ring (bicyclic) bond motifs is 9. The summed E-state index contributed by atoms with van der Waals surface area (Å²) in [5.74, 6) is 1.76. The van der Waals surface area contributed by atoms with E-state index < -0.39 is 0 Å². The van der Waals surface area contributed by atoms with E-state index in [0.29, 0.717) is 17.6 Å². The highest BCUT2D eigenvalue weighted by molar-refractivity contribution is 6.14. The minimum absolute atomic E-state index is 0.543. The van der Waals surface area contributed by atoms with Gasteiger partial charge in [-0.3, -0.25) is 4.57 Å². The Kier molecular flexibility index (Phi) is 8.79. The molecule has 0 aliphatic carbocycles. The van der Waals surface area contributed by atoms with Crippen LogP contribution in [0, 0.1) is 0 Å². The van der Waals surface area contributed by atoms with E-state index in [9.17, 15) is 0 Å². The number of nitrogens with zero attached hydrogens (tertiary/aromatic N) is 6. The fraction of sp³-hybridized carbons (Fsp3) is 0. The Labute approximate surface area is 397 Å². The summed E-state index contributed by atoms with van der Waals surface area (Å²) in [5, 5.41) is 7.02. The van der Waals surface area contributed by atoms with Gasteiger partial charge in [0.25, 0.3) is 0 Å². The molecule has 10 aromatic carbocycles. The second kappa shape index (κ2) is 15.6. The fourth-order valence-electron chi connectivity index (χ4n) is 10.5. The van der Waals surface area contributed by atoms with Gasteiger partial charge in [-0.1, -0.05) is 182 Å². The molecule has 0 aliphatic rings. The molecule has 322 valence electrons. The third kappa shape index (κ3) is 6.30. The molecule has 69 heavy (non-hydrogen) atoms. The highest BCUT2D eigenvalue weighted by Crippen LogP contribution is 2.41. The Morgan fingerprint density at radius 3 is 1.01 bits per heavy atom. The van der Waals surface area contributed by atoms with Gasteiger partial charge in [0.05, 0.1) is 33.1 Å². The van der Waals surface area contributed by atoms with Crippen molar-refractivity contribution < 1.29 is 0 Å². The van der Waals surface area contributed by atoms with Crippen LogP contribution in [0.3, 0.4) is 0 Å². The molecule has 0 spiro atoms. The third-order valence-corrected chi connectivity index (χ3v) is 13.7. The smallest absolute Gasteiger partial charge is 0.238 e. The third-order valence-electron chi connectivity index (χ3n) is 13.7. The van der Waals surface area contributed by atoms with Crippen LogP contribution in [0.2, 0.25) is 0 Å². The van der Waals surface area contributed by atoms with Crippen LogP contribution in [-0.2, 0) is 0 Å². The highest BCUT2D eigenvalue weighted by Gasteiger charge is 2.22. The Morgan fingerprint density at radius 2 is 0.580 bits per heavy atom. The summed E-state index contributed by atoms with van der Waals surface area (Å²) in [6.07, 6.45) is 0. The number of benzene rings is 10. The number of rotatable bonds is 7. The molecule has 0 saturated carbocycles. The fourth-order valence-corrected chi connectivity index (χ4v) is 10.5. The SMILES string of the molecule is c1ccc(-c2ccc3c(c2)c2ccccc2n3-c2ccc3c4ccc(-n5c6ccccc6c6cc(-c7ccccc7)ccc65)cc4n(-c4nc(-c5ccccc5)nc(-c5ccccc5)n4)c3c2)cc1. The van der Waals surface area contributed by atoms with E-state index in [2.05, 4.69) is 220 Å². The zero-order valence-corrected chi connectivity index (χ0v) is 37.3. The molecule has 0 aliphatic heterocycles. The molecule has 0 saturated heterocycles. The number of aromatic nitrogens is 6. The molecule has 4 aromatic heterocycles. The van der Waals surface area contributed by atoms with Crippen LogP contribution in [0.25, 0.3) is 128 Å². The summed E-state index contributed by atoms with van der Waals surface area (Å²) < 4.78 is 7.04. The molecular formula is C63H40N6. The molecule has 0 radical (unpaired) electrons. The molecule has 0 N–H and O–H groups in total. The summed E-state index contributed by atoms with van der Waals surface area (Å²) in [7, 11) is 0. The number of hydrogen-bond acceptors (Lipinski definition) is 3. The largest absolute Gasteiger partial charge is 0.309 e. The van der Waals surface area contributed by atoms with Crippen LogP contribution in [0.1, 0.15) is 0 Å². The predicted octanol–water partition coefficient (Wildman–Crippen LogP) is 15.8. The molecular weight excluding hydrogens is 841 g/mol. The maximum atomic E-state index is 5.36. The Bertz CT molecular complexity index is 4010. The van der Waals surface area contributed by atoms with Crippen LogP contribution in [0.5, 0.6) is 0 Å². The van der Waals surface area contributed by atoms with E-state index in [4.69, 9.17) is 15.0 Å². The first-order chi connectivity index (χ1) is 34.2. The van der Waals surface area contributed by atoms with Crippen molar-refractivity contribution in [3.05, 3.63) is 243 Å². The lowest BCUT2D eigenvalue weighted by Gasteiger charge is -2.13. The molecule has 14 rings (SSSR count).